The normalized spacial score (nSPS) is 12.5. The molecule has 0 aliphatic heterocycles. The van der Waals surface area contributed by atoms with E-state index in [1.165, 1.54) is 11.8 Å². The fourth-order valence-electron chi connectivity index (χ4n) is 1.45. The van der Waals surface area contributed by atoms with Gasteiger partial charge in [-0.2, -0.15) is 0 Å². The second kappa shape index (κ2) is 5.34. The van der Waals surface area contributed by atoms with Crippen molar-refractivity contribution < 1.29 is 9.09 Å². The Labute approximate surface area is 109 Å². The predicted molar refractivity (Wildman–Crippen MR) is 73.2 cm³/mol. The van der Waals surface area contributed by atoms with Gasteiger partial charge in [-0.3, -0.25) is 0 Å². The molecular formula is C12H18ClNO2P+. The quantitative estimate of drug-likeness (QED) is 0.766. The first-order valence-electron chi connectivity index (χ1n) is 5.32. The topological polar surface area (TPSA) is 29.5 Å². The Morgan fingerprint density at radius 3 is 2.35 bits per heavy atom. The Hall–Kier alpha value is -0.630. The molecule has 0 saturated heterocycles. The van der Waals surface area contributed by atoms with Crippen LogP contribution in [-0.4, -0.2) is 14.2 Å². The van der Waals surface area contributed by atoms with Crippen molar-refractivity contribution in [3.63, 3.8) is 0 Å². The Balaban J connectivity index is 3.10. The molecule has 0 heterocycles. The molecule has 1 aromatic carbocycles. The van der Waals surface area contributed by atoms with Crippen molar-refractivity contribution in [2.24, 2.45) is 0 Å². The molecule has 5 heteroatoms. The first kappa shape index (κ1) is 14.4. The summed E-state index contributed by atoms with van der Waals surface area (Å²) >= 11 is 6.21. The third kappa shape index (κ3) is 3.41. The van der Waals surface area contributed by atoms with Gasteiger partial charge in [-0.15, -0.1) is 9.19 Å². The highest BCUT2D eigenvalue weighted by Gasteiger charge is 2.27. The van der Waals surface area contributed by atoms with Crippen molar-refractivity contribution in [3.8, 4) is 0 Å². The summed E-state index contributed by atoms with van der Waals surface area (Å²) in [5, 5.41) is 0.584. The lowest BCUT2D eigenvalue weighted by Crippen LogP contribution is -2.12. The van der Waals surface area contributed by atoms with Crippen molar-refractivity contribution >= 4 is 25.5 Å². The zero-order valence-corrected chi connectivity index (χ0v) is 12.5. The first-order valence-corrected chi connectivity index (χ1v) is 6.83. The molecule has 0 spiro atoms. The molecular weight excluding hydrogens is 257 g/mol. The summed E-state index contributed by atoms with van der Waals surface area (Å²) in [5.41, 5.74) is 1.90. The minimum absolute atomic E-state index is 0.0458. The van der Waals surface area contributed by atoms with E-state index in [2.05, 4.69) is 20.8 Å². The Kier molecular flexibility index (Phi) is 4.54. The Bertz CT molecular complexity index is 429. The van der Waals surface area contributed by atoms with Gasteiger partial charge in [0.05, 0.1) is 19.2 Å². The number of hydrogen-bond donors (Lipinski definition) is 0. The fraction of sp³-hybridized carbons (Fsp3) is 0.500. The van der Waals surface area contributed by atoms with Crippen LogP contribution in [0.25, 0.3) is 0 Å². The van der Waals surface area contributed by atoms with Crippen molar-refractivity contribution in [3.05, 3.63) is 28.8 Å². The van der Waals surface area contributed by atoms with Gasteiger partial charge in [0.25, 0.3) is 0 Å². The molecule has 0 radical (unpaired) electrons. The average molecular weight is 275 g/mol. The second-order valence-electron chi connectivity index (χ2n) is 4.86. The molecule has 1 atom stereocenters. The van der Waals surface area contributed by atoms with Crippen LogP contribution >= 0.6 is 19.8 Å². The maximum absolute atomic E-state index is 11.5. The fourth-order valence-corrected chi connectivity index (χ4v) is 2.41. The summed E-state index contributed by atoms with van der Waals surface area (Å²) in [7, 11) is 1.23. The van der Waals surface area contributed by atoms with E-state index in [1.807, 2.05) is 18.2 Å². The van der Waals surface area contributed by atoms with Gasteiger partial charge in [-0.25, -0.2) is 0 Å². The molecule has 0 saturated carbocycles. The molecule has 1 unspecified atom stereocenters. The van der Waals surface area contributed by atoms with Crippen molar-refractivity contribution in [2.75, 3.05) is 18.8 Å². The zero-order chi connectivity index (χ0) is 13.2. The molecule has 1 rings (SSSR count). The monoisotopic (exact) mass is 274 g/mol. The minimum atomic E-state index is -1.87. The average Bonchev–Trinajstić information content (AvgIpc) is 2.25. The molecule has 0 amide bonds. The van der Waals surface area contributed by atoms with E-state index in [-0.39, 0.29) is 5.41 Å². The van der Waals surface area contributed by atoms with Gasteiger partial charge in [0.1, 0.15) is 5.69 Å². The second-order valence-corrected chi connectivity index (χ2v) is 6.71. The zero-order valence-electron chi connectivity index (χ0n) is 10.8. The van der Waals surface area contributed by atoms with Crippen molar-refractivity contribution in [2.45, 2.75) is 26.2 Å². The van der Waals surface area contributed by atoms with Crippen molar-refractivity contribution in [1.82, 2.24) is 0 Å². The van der Waals surface area contributed by atoms with E-state index in [9.17, 15) is 4.57 Å². The lowest BCUT2D eigenvalue weighted by atomic mass is 9.87. The van der Waals surface area contributed by atoms with Crippen LogP contribution in [0.2, 0.25) is 5.02 Å². The van der Waals surface area contributed by atoms with Gasteiger partial charge in [0, 0.05) is 0 Å². The van der Waals surface area contributed by atoms with Crippen LogP contribution in [0.4, 0.5) is 5.69 Å². The summed E-state index contributed by atoms with van der Waals surface area (Å²) in [6.07, 6.45) is 0. The molecule has 0 N–H and O–H groups in total. The third-order valence-electron chi connectivity index (χ3n) is 2.56. The minimum Gasteiger partial charge on any atom is -0.140 e. The summed E-state index contributed by atoms with van der Waals surface area (Å²) in [5.74, 6) is 0. The molecule has 3 nitrogen and oxygen atoms in total. The Morgan fingerprint density at radius 1 is 1.35 bits per heavy atom. The molecule has 0 aliphatic rings. The van der Waals surface area contributed by atoms with E-state index in [4.69, 9.17) is 16.1 Å². The van der Waals surface area contributed by atoms with Crippen LogP contribution in [0.3, 0.4) is 0 Å². The van der Waals surface area contributed by atoms with Gasteiger partial charge < -0.3 is 0 Å². The van der Waals surface area contributed by atoms with Crippen molar-refractivity contribution in [1.29, 1.82) is 0 Å². The van der Waals surface area contributed by atoms with Gasteiger partial charge in [0.15, 0.2) is 0 Å². The van der Waals surface area contributed by atoms with Crippen LogP contribution in [0.1, 0.15) is 26.3 Å². The Morgan fingerprint density at radius 2 is 1.94 bits per heavy atom. The summed E-state index contributed by atoms with van der Waals surface area (Å²) < 4.78 is 17.9. The third-order valence-corrected chi connectivity index (χ3v) is 3.88. The lowest BCUT2D eigenvalue weighted by molar-refractivity contribution is 0.413. The summed E-state index contributed by atoms with van der Waals surface area (Å²) in [6, 6.07) is 5.78. The van der Waals surface area contributed by atoms with E-state index >= 15 is 0 Å². The molecule has 0 aliphatic carbocycles. The van der Waals surface area contributed by atoms with Gasteiger partial charge in [0.2, 0.25) is 0 Å². The first-order chi connectivity index (χ1) is 7.77. The predicted octanol–water partition coefficient (Wildman–Crippen LogP) is 4.38. The molecule has 0 fully saturated rings. The van der Waals surface area contributed by atoms with Gasteiger partial charge >= 0.3 is 8.18 Å². The van der Waals surface area contributed by atoms with E-state index < -0.39 is 8.18 Å². The largest absolute Gasteiger partial charge is 0.645 e. The summed E-state index contributed by atoms with van der Waals surface area (Å²) in [4.78, 5) is 0. The maximum Gasteiger partial charge on any atom is 0.645 e. The highest BCUT2D eigenvalue weighted by molar-refractivity contribution is 7.41. The number of nitrogens with zero attached hydrogens (tertiary/aromatic N) is 1. The van der Waals surface area contributed by atoms with Crippen LogP contribution in [0.5, 0.6) is 0 Å². The number of rotatable bonds is 3. The SMILES string of the molecule is CO[P+](=O)N(C)c1ccc(C(C)(C)C)cc1Cl. The van der Waals surface area contributed by atoms with Crippen LogP contribution in [0.15, 0.2) is 18.2 Å². The van der Waals surface area contributed by atoms with Crippen LogP contribution in [-0.2, 0) is 14.5 Å². The number of anilines is 1. The highest BCUT2D eigenvalue weighted by atomic mass is 35.5. The van der Waals surface area contributed by atoms with Crippen LogP contribution in [0, 0.1) is 0 Å². The lowest BCUT2D eigenvalue weighted by Gasteiger charge is -2.20. The van der Waals surface area contributed by atoms with E-state index in [0.717, 1.165) is 5.56 Å². The summed E-state index contributed by atoms with van der Waals surface area (Å²) in [6.45, 7) is 6.37. The molecule has 94 valence electrons. The van der Waals surface area contributed by atoms with Crippen LogP contribution < -0.4 is 4.67 Å². The number of hydrogen-bond acceptors (Lipinski definition) is 2. The molecule has 0 bridgehead atoms. The molecule has 17 heavy (non-hydrogen) atoms. The van der Waals surface area contributed by atoms with E-state index in [1.54, 1.807) is 7.05 Å². The highest BCUT2D eigenvalue weighted by Crippen LogP contribution is 2.38. The number of halogens is 1. The molecule has 1 aromatic rings. The number of benzene rings is 1. The maximum atomic E-state index is 11.5. The van der Waals surface area contributed by atoms with Gasteiger partial charge in [-0.1, -0.05) is 38.4 Å². The smallest absolute Gasteiger partial charge is 0.140 e. The van der Waals surface area contributed by atoms with E-state index in [0.29, 0.717) is 10.7 Å². The molecule has 0 aromatic heterocycles. The van der Waals surface area contributed by atoms with Gasteiger partial charge in [-0.05, 0) is 27.7 Å². The standard InChI is InChI=1S/C12H18ClNO2P/c1-12(2,3)9-6-7-11(10(13)8-9)14(4)17(15)16-5/h6-8H,1-5H3/q+1.